The van der Waals surface area contributed by atoms with Gasteiger partial charge in [-0.25, -0.2) is 0 Å². The maximum absolute atomic E-state index is 12.0. The number of furan rings is 1. The van der Waals surface area contributed by atoms with Crippen molar-refractivity contribution in [3.63, 3.8) is 0 Å². The summed E-state index contributed by atoms with van der Waals surface area (Å²) < 4.78 is 13.5. The number of aromatic nitrogens is 1. The minimum atomic E-state index is -0.382. The molecule has 2 heterocycles. The molecule has 108 valence electrons. The Kier molecular flexibility index (Phi) is 3.62. The molecule has 3 aromatic rings. The van der Waals surface area contributed by atoms with Gasteiger partial charge < -0.3 is 13.7 Å². The summed E-state index contributed by atoms with van der Waals surface area (Å²) in [4.78, 5) is 16.7. The van der Waals surface area contributed by atoms with Gasteiger partial charge in [-0.3, -0.25) is 4.79 Å². The lowest BCUT2D eigenvalue weighted by Crippen LogP contribution is -2.12. The molecular formula is C15H14N2O3S. The number of nitrogens with zero attached hydrogens (tertiary/aromatic N) is 2. The van der Waals surface area contributed by atoms with Gasteiger partial charge >= 0.3 is 5.91 Å². The summed E-state index contributed by atoms with van der Waals surface area (Å²) in [5, 5.41) is 0. The lowest BCUT2D eigenvalue weighted by Gasteiger charge is -2.02. The fourth-order valence-electron chi connectivity index (χ4n) is 2.02. The Morgan fingerprint density at radius 2 is 2.29 bits per heavy atom. The third-order valence-electron chi connectivity index (χ3n) is 3.02. The lowest BCUT2D eigenvalue weighted by atomic mass is 10.3. The van der Waals surface area contributed by atoms with E-state index in [1.54, 1.807) is 12.1 Å². The number of amides is 1. The zero-order chi connectivity index (χ0) is 14.8. The summed E-state index contributed by atoms with van der Waals surface area (Å²) >= 11 is 1.44. The number of carbonyl (C=O) groups is 1. The third-order valence-corrected chi connectivity index (χ3v) is 4.12. The first-order valence-corrected chi connectivity index (χ1v) is 7.35. The smallest absolute Gasteiger partial charge is 0.315 e. The van der Waals surface area contributed by atoms with E-state index in [4.69, 9.17) is 9.15 Å². The molecule has 0 radical (unpaired) electrons. The number of thiazole rings is 1. The molecule has 0 aliphatic carbocycles. The van der Waals surface area contributed by atoms with E-state index in [2.05, 4.69) is 4.99 Å². The highest BCUT2D eigenvalue weighted by atomic mass is 32.1. The van der Waals surface area contributed by atoms with Crippen molar-refractivity contribution >= 4 is 27.5 Å². The van der Waals surface area contributed by atoms with Crippen molar-refractivity contribution in [2.75, 3.05) is 6.61 Å². The SMILES string of the molecule is CCOc1ccc2c(c1)sc(=NC(=O)c1ccco1)n2C. The van der Waals surface area contributed by atoms with Gasteiger partial charge in [-0.1, -0.05) is 11.3 Å². The molecule has 21 heavy (non-hydrogen) atoms. The Balaban J connectivity index is 2.07. The summed E-state index contributed by atoms with van der Waals surface area (Å²) in [6.07, 6.45) is 1.46. The van der Waals surface area contributed by atoms with Crippen LogP contribution in [0.3, 0.4) is 0 Å². The van der Waals surface area contributed by atoms with Gasteiger partial charge in [-0.2, -0.15) is 4.99 Å². The van der Waals surface area contributed by atoms with E-state index in [0.29, 0.717) is 11.4 Å². The topological polar surface area (TPSA) is 56.7 Å². The van der Waals surface area contributed by atoms with Crippen molar-refractivity contribution in [3.8, 4) is 5.75 Å². The van der Waals surface area contributed by atoms with Crippen LogP contribution in [0.25, 0.3) is 10.2 Å². The normalized spacial score (nSPS) is 12.0. The first-order valence-electron chi connectivity index (χ1n) is 6.54. The Bertz CT molecular complexity index is 844. The second-order valence-electron chi connectivity index (χ2n) is 4.40. The third kappa shape index (κ3) is 2.62. The second kappa shape index (κ2) is 5.57. The van der Waals surface area contributed by atoms with E-state index in [0.717, 1.165) is 16.0 Å². The minimum absolute atomic E-state index is 0.238. The number of benzene rings is 1. The molecule has 6 heteroatoms. The highest BCUT2D eigenvalue weighted by Gasteiger charge is 2.09. The summed E-state index contributed by atoms with van der Waals surface area (Å²) in [6, 6.07) is 9.11. The number of rotatable bonds is 3. The van der Waals surface area contributed by atoms with Gasteiger partial charge in [0.05, 0.1) is 23.1 Å². The molecule has 0 aliphatic rings. The molecular weight excluding hydrogens is 288 g/mol. The van der Waals surface area contributed by atoms with Gasteiger partial charge in [0.2, 0.25) is 0 Å². The predicted molar refractivity (Wildman–Crippen MR) is 80.6 cm³/mol. The number of hydrogen-bond donors (Lipinski definition) is 0. The van der Waals surface area contributed by atoms with E-state index in [1.165, 1.54) is 17.6 Å². The highest BCUT2D eigenvalue weighted by Crippen LogP contribution is 2.22. The summed E-state index contributed by atoms with van der Waals surface area (Å²) in [6.45, 7) is 2.57. The fourth-order valence-corrected chi connectivity index (χ4v) is 3.06. The summed E-state index contributed by atoms with van der Waals surface area (Å²) in [7, 11) is 1.88. The first kappa shape index (κ1) is 13.6. The van der Waals surface area contributed by atoms with Crippen molar-refractivity contribution in [2.24, 2.45) is 12.0 Å². The molecule has 1 aromatic carbocycles. The highest BCUT2D eigenvalue weighted by molar-refractivity contribution is 7.16. The maximum Gasteiger partial charge on any atom is 0.315 e. The van der Waals surface area contributed by atoms with E-state index >= 15 is 0 Å². The van der Waals surface area contributed by atoms with E-state index in [-0.39, 0.29) is 11.7 Å². The van der Waals surface area contributed by atoms with Crippen LogP contribution in [0.1, 0.15) is 17.5 Å². The number of hydrogen-bond acceptors (Lipinski definition) is 4. The van der Waals surface area contributed by atoms with Crippen molar-refractivity contribution in [3.05, 3.63) is 47.2 Å². The van der Waals surface area contributed by atoms with Gasteiger partial charge in [0, 0.05) is 7.05 Å². The average molecular weight is 302 g/mol. The van der Waals surface area contributed by atoms with Crippen molar-refractivity contribution < 1.29 is 13.9 Å². The zero-order valence-electron chi connectivity index (χ0n) is 11.7. The molecule has 1 amide bonds. The number of ether oxygens (including phenoxy) is 1. The van der Waals surface area contributed by atoms with Crippen LogP contribution in [0.4, 0.5) is 0 Å². The lowest BCUT2D eigenvalue weighted by molar-refractivity contribution is 0.0971. The fraction of sp³-hybridized carbons (Fsp3) is 0.200. The van der Waals surface area contributed by atoms with Crippen LogP contribution in [0.2, 0.25) is 0 Å². The van der Waals surface area contributed by atoms with Gasteiger partial charge in [-0.05, 0) is 37.3 Å². The van der Waals surface area contributed by atoms with Crippen molar-refractivity contribution in [1.29, 1.82) is 0 Å². The van der Waals surface area contributed by atoms with Crippen LogP contribution in [0.15, 0.2) is 46.0 Å². The maximum atomic E-state index is 12.0. The van der Waals surface area contributed by atoms with Crippen LogP contribution < -0.4 is 9.54 Å². The van der Waals surface area contributed by atoms with Gasteiger partial charge in [-0.15, -0.1) is 0 Å². The average Bonchev–Trinajstić information content (AvgIpc) is 3.09. The number of fused-ring (bicyclic) bond motifs is 1. The van der Waals surface area contributed by atoms with Gasteiger partial charge in [0.15, 0.2) is 10.6 Å². The van der Waals surface area contributed by atoms with E-state index < -0.39 is 0 Å². The number of carbonyl (C=O) groups excluding carboxylic acids is 1. The molecule has 0 saturated carbocycles. The Morgan fingerprint density at radius 3 is 3.00 bits per heavy atom. The standard InChI is InChI=1S/C15H14N2O3S/c1-3-19-10-6-7-11-13(9-10)21-15(17(11)2)16-14(18)12-5-4-8-20-12/h4-9H,3H2,1-2H3. The Labute approximate surface area is 125 Å². The molecule has 0 N–H and O–H groups in total. The van der Waals surface area contributed by atoms with Crippen molar-refractivity contribution in [1.82, 2.24) is 4.57 Å². The first-order chi connectivity index (χ1) is 10.2. The molecule has 0 fully saturated rings. The van der Waals surface area contributed by atoms with Gasteiger partial charge in [0.1, 0.15) is 5.75 Å². The summed E-state index contributed by atoms with van der Waals surface area (Å²) in [5.41, 5.74) is 1.01. The van der Waals surface area contributed by atoms with Crippen molar-refractivity contribution in [2.45, 2.75) is 6.92 Å². The monoisotopic (exact) mass is 302 g/mol. The molecule has 0 saturated heterocycles. The molecule has 0 unspecified atom stereocenters. The zero-order valence-corrected chi connectivity index (χ0v) is 12.5. The molecule has 2 aromatic heterocycles. The van der Waals surface area contributed by atoms with Crippen LogP contribution in [0, 0.1) is 0 Å². The summed E-state index contributed by atoms with van der Waals surface area (Å²) in [5.74, 6) is 0.672. The molecule has 3 rings (SSSR count). The quantitative estimate of drug-likeness (QED) is 0.747. The molecule has 0 aliphatic heterocycles. The molecule has 5 nitrogen and oxygen atoms in total. The van der Waals surface area contributed by atoms with Crippen LogP contribution in [-0.4, -0.2) is 17.1 Å². The minimum Gasteiger partial charge on any atom is -0.494 e. The van der Waals surface area contributed by atoms with Crippen LogP contribution in [-0.2, 0) is 7.05 Å². The second-order valence-corrected chi connectivity index (χ2v) is 5.41. The van der Waals surface area contributed by atoms with Crippen LogP contribution in [0.5, 0.6) is 5.75 Å². The molecule has 0 atom stereocenters. The predicted octanol–water partition coefficient (Wildman–Crippen LogP) is 2.97. The Hall–Kier alpha value is -2.34. The Morgan fingerprint density at radius 1 is 1.43 bits per heavy atom. The largest absolute Gasteiger partial charge is 0.494 e. The van der Waals surface area contributed by atoms with Gasteiger partial charge in [0.25, 0.3) is 0 Å². The van der Waals surface area contributed by atoms with Crippen LogP contribution >= 0.6 is 11.3 Å². The van der Waals surface area contributed by atoms with E-state index in [1.807, 2.05) is 36.7 Å². The molecule has 0 bridgehead atoms. The molecule has 0 spiro atoms. The number of aryl methyl sites for hydroxylation is 1. The van der Waals surface area contributed by atoms with E-state index in [9.17, 15) is 4.79 Å².